The zero-order valence-corrected chi connectivity index (χ0v) is 43.6. The molecule has 0 unspecified atom stereocenters. The van der Waals surface area contributed by atoms with Gasteiger partial charge in [0.1, 0.15) is 22.5 Å². The van der Waals surface area contributed by atoms with Crippen LogP contribution in [0.1, 0.15) is 78.0 Å². The van der Waals surface area contributed by atoms with Gasteiger partial charge >= 0.3 is 0 Å². The van der Waals surface area contributed by atoms with E-state index in [0.717, 1.165) is 107 Å². The molecule has 0 atom stereocenters. The van der Waals surface area contributed by atoms with E-state index in [9.17, 15) is 0 Å². The van der Waals surface area contributed by atoms with Crippen molar-refractivity contribution in [3.8, 4) is 39.3 Å². The number of aromatic nitrogens is 1. The highest BCUT2D eigenvalue weighted by Crippen LogP contribution is 2.53. The van der Waals surface area contributed by atoms with Crippen LogP contribution in [0.4, 0.5) is 11.4 Å². The zero-order valence-electron chi connectivity index (χ0n) is 42.8. The molecule has 4 nitrogen and oxygen atoms in total. The van der Waals surface area contributed by atoms with E-state index in [2.05, 4.69) is 235 Å². The van der Waals surface area contributed by atoms with Crippen LogP contribution in [0, 0.1) is 0 Å². The van der Waals surface area contributed by atoms with E-state index >= 15 is 0 Å². The maximum Gasteiger partial charge on any atom is 0.198 e. The maximum absolute atomic E-state index is 7.40. The van der Waals surface area contributed by atoms with E-state index in [1.807, 2.05) is 11.3 Å². The Kier molecular flexibility index (Phi) is 9.09. The van der Waals surface area contributed by atoms with Crippen LogP contribution in [0.15, 0.2) is 179 Å². The molecule has 1 aliphatic heterocycles. The quantitative estimate of drug-likeness (QED) is 0.175. The molecule has 357 valence electrons. The molecule has 15 rings (SSSR count). The number of benzene rings is 9. The van der Waals surface area contributed by atoms with Crippen LogP contribution >= 0.6 is 11.3 Å². The van der Waals surface area contributed by atoms with Crippen molar-refractivity contribution in [3.63, 3.8) is 0 Å². The minimum absolute atomic E-state index is 0.00375. The molecule has 0 amide bonds. The van der Waals surface area contributed by atoms with Crippen molar-refractivity contribution in [1.29, 1.82) is 0 Å². The van der Waals surface area contributed by atoms with Gasteiger partial charge in [-0.1, -0.05) is 163 Å². The van der Waals surface area contributed by atoms with Crippen LogP contribution in [0.2, 0.25) is 0 Å². The standard InChI is InChI=1S/C68H54BN2O2S/c1-66(2,3)40-26-28-41(29-27-40)70-51-37-57-44(42-22-15-17-25-56(42)74-57)32-45(51)61-62-63-59(60-43-23-14-16-24-54(43)72-65(60)61)46-33-48-49(68(6,7)31-30-67(48,4)5)35-52(46)71(63)53-34-47-55(36-50(53)69-62)73-64(39-20-12-9-13-21-39)58(47)38-18-10-8-11-19-38/h8-29,32-37,70H,30-31H2,1-7H3. The molecule has 74 heavy (non-hydrogen) atoms. The van der Waals surface area contributed by atoms with Gasteiger partial charge in [-0.3, -0.25) is 0 Å². The summed E-state index contributed by atoms with van der Waals surface area (Å²) < 4.78 is 19.7. The lowest BCUT2D eigenvalue weighted by atomic mass is 9.58. The number of anilines is 2. The average Bonchev–Trinajstić information content (AvgIpc) is 4.34. The van der Waals surface area contributed by atoms with E-state index in [4.69, 9.17) is 8.83 Å². The summed E-state index contributed by atoms with van der Waals surface area (Å²) in [5, 5.41) is 12.4. The highest BCUT2D eigenvalue weighted by Gasteiger charge is 2.40. The van der Waals surface area contributed by atoms with Crippen LogP contribution < -0.4 is 16.2 Å². The van der Waals surface area contributed by atoms with E-state index < -0.39 is 0 Å². The van der Waals surface area contributed by atoms with Crippen LogP contribution in [0.3, 0.4) is 0 Å². The second kappa shape index (κ2) is 15.4. The van der Waals surface area contributed by atoms with E-state index in [1.165, 1.54) is 58.7 Å². The van der Waals surface area contributed by atoms with E-state index in [1.54, 1.807) is 0 Å². The van der Waals surface area contributed by atoms with Gasteiger partial charge in [0.05, 0.1) is 5.52 Å². The molecular weight excluding hydrogens is 920 g/mol. The molecule has 5 heterocycles. The summed E-state index contributed by atoms with van der Waals surface area (Å²) in [6.07, 6.45) is 2.26. The molecule has 1 aliphatic carbocycles. The monoisotopic (exact) mass is 973 g/mol. The number of fused-ring (bicyclic) bond motifs is 14. The molecule has 2 aliphatic rings. The predicted molar refractivity (Wildman–Crippen MR) is 316 cm³/mol. The van der Waals surface area contributed by atoms with Crippen molar-refractivity contribution in [2.45, 2.75) is 77.6 Å². The van der Waals surface area contributed by atoms with Crippen molar-refractivity contribution in [2.75, 3.05) is 5.32 Å². The lowest BCUT2D eigenvalue weighted by Gasteiger charge is -2.42. The Labute approximate surface area is 435 Å². The largest absolute Gasteiger partial charge is 0.455 e. The first-order chi connectivity index (χ1) is 35.8. The lowest BCUT2D eigenvalue weighted by Crippen LogP contribution is -2.37. The van der Waals surface area contributed by atoms with Gasteiger partial charge < -0.3 is 18.7 Å². The van der Waals surface area contributed by atoms with E-state index in [0.29, 0.717) is 0 Å². The number of nitrogens with one attached hydrogen (secondary N) is 1. The Hall–Kier alpha value is -7.80. The molecule has 13 aromatic rings. The first-order valence-corrected chi connectivity index (χ1v) is 27.0. The van der Waals surface area contributed by atoms with Gasteiger partial charge in [0, 0.05) is 91.9 Å². The minimum atomic E-state index is -0.00496. The third-order valence-corrected chi connectivity index (χ3v) is 18.0. The fraction of sp³-hybridized carbons (Fsp3) is 0.176. The Morgan fingerprint density at radius 1 is 0.568 bits per heavy atom. The number of nitrogens with zero attached hydrogens (tertiary/aromatic N) is 1. The SMILES string of the molecule is CC(C)(C)c1ccc(Nc2cc3sc4ccccc4c3cc2-c2c3c4c(c5cc6c(cc5n4-c4cc5c(-c7ccccc7)c(-c7ccccc7)oc5cc4[B]3)C(C)(C)CCC6(C)C)c3c2oc2ccccc23)cc1. The first kappa shape index (κ1) is 43.8. The van der Waals surface area contributed by atoms with Crippen LogP contribution in [0.25, 0.3) is 114 Å². The Morgan fingerprint density at radius 2 is 1.24 bits per heavy atom. The van der Waals surface area contributed by atoms with Crippen LogP contribution in [-0.4, -0.2) is 11.8 Å². The van der Waals surface area contributed by atoms with Gasteiger partial charge in [-0.2, -0.15) is 0 Å². The van der Waals surface area contributed by atoms with Crippen molar-refractivity contribution in [1.82, 2.24) is 4.57 Å². The first-order valence-electron chi connectivity index (χ1n) is 26.2. The van der Waals surface area contributed by atoms with Gasteiger partial charge in [-0.25, -0.2) is 0 Å². The van der Waals surface area contributed by atoms with Crippen LogP contribution in [0.5, 0.6) is 0 Å². The van der Waals surface area contributed by atoms with E-state index in [-0.39, 0.29) is 16.2 Å². The molecule has 4 aromatic heterocycles. The molecule has 0 spiro atoms. The normalized spacial score (nSPS) is 14.9. The average molecular weight is 974 g/mol. The minimum Gasteiger partial charge on any atom is -0.455 e. The van der Waals surface area contributed by atoms with Crippen molar-refractivity contribution in [3.05, 3.63) is 187 Å². The molecule has 0 saturated heterocycles. The number of rotatable bonds is 5. The second-order valence-electron chi connectivity index (χ2n) is 23.4. The lowest BCUT2D eigenvalue weighted by molar-refractivity contribution is 0.332. The number of hydrogen-bond acceptors (Lipinski definition) is 4. The third kappa shape index (κ3) is 6.34. The molecular formula is C68H54BN2O2S. The summed E-state index contributed by atoms with van der Waals surface area (Å²) in [5.41, 5.74) is 20.2. The Bertz CT molecular complexity index is 4500. The third-order valence-electron chi connectivity index (χ3n) is 16.8. The van der Waals surface area contributed by atoms with Crippen molar-refractivity contribution in [2.24, 2.45) is 0 Å². The summed E-state index contributed by atoms with van der Waals surface area (Å²) in [6, 6.07) is 62.6. The van der Waals surface area contributed by atoms with Gasteiger partial charge in [-0.15, -0.1) is 11.3 Å². The molecule has 1 radical (unpaired) electrons. The topological polar surface area (TPSA) is 43.2 Å². The molecule has 0 bridgehead atoms. The number of hydrogen-bond donors (Lipinski definition) is 1. The molecule has 9 aromatic carbocycles. The molecule has 6 heteroatoms. The number of thiophene rings is 1. The molecule has 0 saturated carbocycles. The summed E-state index contributed by atoms with van der Waals surface area (Å²) in [4.78, 5) is 0. The van der Waals surface area contributed by atoms with Gasteiger partial charge in [0.15, 0.2) is 7.28 Å². The van der Waals surface area contributed by atoms with Gasteiger partial charge in [0.25, 0.3) is 0 Å². The van der Waals surface area contributed by atoms with Crippen LogP contribution in [-0.2, 0) is 16.2 Å². The Morgan fingerprint density at radius 3 is 1.99 bits per heavy atom. The second-order valence-corrected chi connectivity index (χ2v) is 24.5. The molecule has 0 fully saturated rings. The summed E-state index contributed by atoms with van der Waals surface area (Å²) in [7, 11) is 2.44. The smallest absolute Gasteiger partial charge is 0.198 e. The summed E-state index contributed by atoms with van der Waals surface area (Å²) in [5.74, 6) is 0.874. The van der Waals surface area contributed by atoms with Gasteiger partial charge in [-0.05, 0) is 117 Å². The molecule has 1 N–H and O–H groups in total. The number of para-hydroxylation sites is 1. The zero-order chi connectivity index (χ0) is 50.0. The highest BCUT2D eigenvalue weighted by molar-refractivity contribution is 7.25. The highest BCUT2D eigenvalue weighted by atomic mass is 32.1. The van der Waals surface area contributed by atoms with Crippen molar-refractivity contribution >= 4 is 116 Å². The van der Waals surface area contributed by atoms with Gasteiger partial charge in [0.2, 0.25) is 0 Å². The summed E-state index contributed by atoms with van der Waals surface area (Å²) >= 11 is 1.85. The predicted octanol–water partition coefficient (Wildman–Crippen LogP) is 18.2. The van der Waals surface area contributed by atoms with Crippen molar-refractivity contribution < 1.29 is 8.83 Å². The fourth-order valence-corrected chi connectivity index (χ4v) is 13.9. The summed E-state index contributed by atoms with van der Waals surface area (Å²) in [6.45, 7) is 16.6. The fourth-order valence-electron chi connectivity index (χ4n) is 12.8. The Balaban J connectivity index is 1.11. The maximum atomic E-state index is 7.40. The number of furan rings is 2.